The Bertz CT molecular complexity index is 433. The topological polar surface area (TPSA) is 49.3 Å². The number of aryl methyl sites for hydroxylation is 2. The van der Waals surface area contributed by atoms with Gasteiger partial charge < -0.3 is 5.11 Å². The summed E-state index contributed by atoms with van der Waals surface area (Å²) in [6.07, 6.45) is 5.65. The fourth-order valence-corrected chi connectivity index (χ4v) is 3.07. The van der Waals surface area contributed by atoms with Crippen molar-refractivity contribution in [1.29, 1.82) is 0 Å². The van der Waals surface area contributed by atoms with Crippen molar-refractivity contribution in [2.45, 2.75) is 38.5 Å². The van der Waals surface area contributed by atoms with Crippen LogP contribution in [0.25, 0.3) is 0 Å². The minimum Gasteiger partial charge on any atom is -0.465 e. The van der Waals surface area contributed by atoms with Crippen LogP contribution in [0.4, 0.5) is 10.5 Å². The second kappa shape index (κ2) is 3.51. The van der Waals surface area contributed by atoms with Gasteiger partial charge in [-0.15, -0.1) is 0 Å². The zero-order valence-corrected chi connectivity index (χ0v) is 9.18. The van der Waals surface area contributed by atoms with Gasteiger partial charge >= 0.3 is 6.09 Å². The van der Waals surface area contributed by atoms with E-state index in [1.165, 1.54) is 22.3 Å². The molecule has 3 rings (SSSR count). The second-order valence-electron chi connectivity index (χ2n) is 4.66. The summed E-state index contributed by atoms with van der Waals surface area (Å²) in [5.41, 5.74) is 6.15. The molecule has 1 amide bonds. The van der Waals surface area contributed by atoms with Crippen molar-refractivity contribution in [3.05, 3.63) is 28.3 Å². The number of hydrogen-bond donors (Lipinski definition) is 2. The maximum atomic E-state index is 10.9. The Balaban J connectivity index is 2.15. The number of nitrogens with one attached hydrogen (secondary N) is 1. The van der Waals surface area contributed by atoms with Gasteiger partial charge in [0.05, 0.1) is 5.69 Å². The number of rotatable bonds is 1. The van der Waals surface area contributed by atoms with Crippen LogP contribution in [0.2, 0.25) is 0 Å². The third kappa shape index (κ3) is 1.39. The first-order chi connectivity index (χ1) is 7.75. The van der Waals surface area contributed by atoms with Gasteiger partial charge in [0, 0.05) is 0 Å². The largest absolute Gasteiger partial charge is 0.465 e. The summed E-state index contributed by atoms with van der Waals surface area (Å²) in [7, 11) is 0. The third-order valence-electron chi connectivity index (χ3n) is 3.70. The van der Waals surface area contributed by atoms with Gasteiger partial charge in [-0.2, -0.15) is 0 Å². The van der Waals surface area contributed by atoms with Crippen LogP contribution in [-0.4, -0.2) is 11.2 Å². The fraction of sp³-hybridized carbons (Fsp3) is 0.462. The Labute approximate surface area is 94.5 Å². The SMILES string of the molecule is O=C(O)Nc1c2c(cc3c1CCC3)CCC2. The maximum Gasteiger partial charge on any atom is 0.409 e. The standard InChI is InChI=1S/C13H15NO2/c15-13(16)14-12-10-5-1-3-8(10)7-9-4-2-6-11(9)12/h7,14H,1-6H2,(H,15,16). The molecule has 0 radical (unpaired) electrons. The van der Waals surface area contributed by atoms with Crippen LogP contribution in [0.15, 0.2) is 6.07 Å². The molecule has 2 aliphatic carbocycles. The fourth-order valence-electron chi connectivity index (χ4n) is 3.07. The highest BCUT2D eigenvalue weighted by molar-refractivity contribution is 5.86. The van der Waals surface area contributed by atoms with Gasteiger partial charge in [-0.25, -0.2) is 4.79 Å². The van der Waals surface area contributed by atoms with Crippen molar-refractivity contribution in [1.82, 2.24) is 0 Å². The van der Waals surface area contributed by atoms with E-state index in [-0.39, 0.29) is 0 Å². The average molecular weight is 217 g/mol. The van der Waals surface area contributed by atoms with Crippen LogP contribution in [0, 0.1) is 0 Å². The van der Waals surface area contributed by atoms with E-state index in [9.17, 15) is 4.79 Å². The van der Waals surface area contributed by atoms with Gasteiger partial charge in [0.1, 0.15) is 0 Å². The molecule has 16 heavy (non-hydrogen) atoms. The molecule has 0 heterocycles. The molecule has 3 nitrogen and oxygen atoms in total. The molecule has 0 atom stereocenters. The molecular weight excluding hydrogens is 202 g/mol. The molecule has 2 aliphatic rings. The predicted molar refractivity (Wildman–Crippen MR) is 62.1 cm³/mol. The molecule has 0 fully saturated rings. The lowest BCUT2D eigenvalue weighted by Gasteiger charge is -2.14. The molecule has 0 saturated carbocycles. The van der Waals surface area contributed by atoms with Crippen molar-refractivity contribution in [2.75, 3.05) is 5.32 Å². The van der Waals surface area contributed by atoms with Crippen molar-refractivity contribution < 1.29 is 9.90 Å². The van der Waals surface area contributed by atoms with Crippen molar-refractivity contribution in [2.24, 2.45) is 0 Å². The van der Waals surface area contributed by atoms with Crippen LogP contribution < -0.4 is 5.32 Å². The molecule has 0 aromatic heterocycles. The van der Waals surface area contributed by atoms with Crippen molar-refractivity contribution >= 4 is 11.8 Å². The summed E-state index contributed by atoms with van der Waals surface area (Å²) < 4.78 is 0. The van der Waals surface area contributed by atoms with Crippen molar-refractivity contribution in [3.63, 3.8) is 0 Å². The van der Waals surface area contributed by atoms with Crippen LogP contribution >= 0.6 is 0 Å². The van der Waals surface area contributed by atoms with Gasteiger partial charge in [0.15, 0.2) is 0 Å². The van der Waals surface area contributed by atoms with Gasteiger partial charge in [-0.05, 0) is 60.8 Å². The number of amides is 1. The zero-order valence-electron chi connectivity index (χ0n) is 9.18. The first-order valence-electron chi connectivity index (χ1n) is 5.92. The van der Waals surface area contributed by atoms with E-state index in [4.69, 9.17) is 5.11 Å². The molecule has 3 heteroatoms. The highest BCUT2D eigenvalue weighted by Crippen LogP contribution is 2.38. The van der Waals surface area contributed by atoms with E-state index in [0.29, 0.717) is 0 Å². The van der Waals surface area contributed by atoms with Crippen molar-refractivity contribution in [3.8, 4) is 0 Å². The third-order valence-corrected chi connectivity index (χ3v) is 3.70. The van der Waals surface area contributed by atoms with E-state index in [0.717, 1.165) is 44.2 Å². The Morgan fingerprint density at radius 2 is 1.62 bits per heavy atom. The van der Waals surface area contributed by atoms with Gasteiger partial charge in [-0.1, -0.05) is 6.07 Å². The number of carbonyl (C=O) groups is 1. The molecule has 2 N–H and O–H groups in total. The monoisotopic (exact) mass is 217 g/mol. The van der Waals surface area contributed by atoms with Crippen LogP contribution in [0.3, 0.4) is 0 Å². The molecule has 0 aliphatic heterocycles. The molecule has 0 bridgehead atoms. The Hall–Kier alpha value is -1.51. The van der Waals surface area contributed by atoms with Crippen LogP contribution in [0.1, 0.15) is 35.1 Å². The average Bonchev–Trinajstić information content (AvgIpc) is 2.83. The molecule has 84 valence electrons. The van der Waals surface area contributed by atoms with Gasteiger partial charge in [-0.3, -0.25) is 5.32 Å². The first kappa shape index (κ1) is 9.70. The van der Waals surface area contributed by atoms with E-state index in [1.807, 2.05) is 0 Å². The Kier molecular flexibility index (Phi) is 2.13. The predicted octanol–water partition coefficient (Wildman–Crippen LogP) is 2.75. The molecular formula is C13H15NO2. The molecule has 0 spiro atoms. The van der Waals surface area contributed by atoms with Crippen LogP contribution in [0.5, 0.6) is 0 Å². The van der Waals surface area contributed by atoms with Gasteiger partial charge in [0.2, 0.25) is 0 Å². The number of carboxylic acid groups (broad SMARTS) is 1. The smallest absolute Gasteiger partial charge is 0.409 e. The summed E-state index contributed by atoms with van der Waals surface area (Å²) in [5, 5.41) is 11.5. The number of fused-ring (bicyclic) bond motifs is 2. The van der Waals surface area contributed by atoms with E-state index < -0.39 is 6.09 Å². The van der Waals surface area contributed by atoms with E-state index in [2.05, 4.69) is 11.4 Å². The van der Waals surface area contributed by atoms with Gasteiger partial charge in [0.25, 0.3) is 0 Å². The molecule has 0 unspecified atom stereocenters. The Morgan fingerprint density at radius 3 is 2.12 bits per heavy atom. The highest BCUT2D eigenvalue weighted by Gasteiger charge is 2.24. The van der Waals surface area contributed by atoms with E-state index >= 15 is 0 Å². The number of anilines is 1. The first-order valence-corrected chi connectivity index (χ1v) is 5.92. The lowest BCUT2D eigenvalue weighted by Crippen LogP contribution is -2.12. The van der Waals surface area contributed by atoms with Crippen LogP contribution in [-0.2, 0) is 25.7 Å². The maximum absolute atomic E-state index is 10.9. The lowest BCUT2D eigenvalue weighted by atomic mass is 9.99. The Morgan fingerprint density at radius 1 is 1.06 bits per heavy atom. The quantitative estimate of drug-likeness (QED) is 0.759. The molecule has 0 saturated heterocycles. The van der Waals surface area contributed by atoms with E-state index in [1.54, 1.807) is 0 Å². The highest BCUT2D eigenvalue weighted by atomic mass is 16.4. The molecule has 1 aromatic carbocycles. The number of benzene rings is 1. The molecule has 1 aromatic rings. The minimum absolute atomic E-state index is 0.912. The number of hydrogen-bond acceptors (Lipinski definition) is 1. The zero-order chi connectivity index (χ0) is 11.1. The summed E-state index contributed by atoms with van der Waals surface area (Å²) in [4.78, 5) is 10.9. The normalized spacial score (nSPS) is 17.0. The summed E-state index contributed by atoms with van der Waals surface area (Å²) in [6, 6.07) is 2.30. The lowest BCUT2D eigenvalue weighted by molar-refractivity contribution is 0.209. The second-order valence-corrected chi connectivity index (χ2v) is 4.66. The summed E-state index contributed by atoms with van der Waals surface area (Å²) >= 11 is 0. The summed E-state index contributed by atoms with van der Waals surface area (Å²) in [6.45, 7) is 0. The summed E-state index contributed by atoms with van der Waals surface area (Å²) in [5.74, 6) is 0. The minimum atomic E-state index is -0.936.